The number of para-hydroxylation sites is 2. The van der Waals surface area contributed by atoms with Crippen molar-refractivity contribution in [2.75, 3.05) is 13.2 Å². The molecule has 0 fully saturated rings. The van der Waals surface area contributed by atoms with Crippen LogP contribution in [-0.2, 0) is 0 Å². The highest BCUT2D eigenvalue weighted by Crippen LogP contribution is 2.27. The summed E-state index contributed by atoms with van der Waals surface area (Å²) in [4.78, 5) is 12.6. The van der Waals surface area contributed by atoms with Crippen molar-refractivity contribution in [2.24, 2.45) is 0 Å². The van der Waals surface area contributed by atoms with Crippen molar-refractivity contribution in [1.29, 1.82) is 0 Å². The Morgan fingerprint density at radius 1 is 1.16 bits per heavy atom. The van der Waals surface area contributed by atoms with E-state index in [4.69, 9.17) is 9.47 Å². The molecule has 5 heteroatoms. The van der Waals surface area contributed by atoms with E-state index in [-0.39, 0.29) is 12.4 Å². The first-order valence-electron chi connectivity index (χ1n) is 5.84. The van der Waals surface area contributed by atoms with Crippen molar-refractivity contribution in [1.82, 2.24) is 0 Å². The Bertz CT molecular complexity index is 565. The third-order valence-electron chi connectivity index (χ3n) is 2.36. The molecule has 0 aliphatic rings. The molecular formula is C14H13BrO3S. The molecule has 0 unspecified atom stereocenters. The highest BCUT2D eigenvalue weighted by molar-refractivity contribution is 9.11. The Balaban J connectivity index is 2.00. The van der Waals surface area contributed by atoms with Crippen LogP contribution in [0.1, 0.15) is 16.6 Å². The van der Waals surface area contributed by atoms with Gasteiger partial charge in [0.2, 0.25) is 5.78 Å². The molecule has 1 aromatic heterocycles. The summed E-state index contributed by atoms with van der Waals surface area (Å²) >= 11 is 4.74. The molecule has 1 heterocycles. The van der Waals surface area contributed by atoms with Gasteiger partial charge in [0.25, 0.3) is 0 Å². The lowest BCUT2D eigenvalue weighted by Crippen LogP contribution is -2.10. The summed E-state index contributed by atoms with van der Waals surface area (Å²) < 4.78 is 11.9. The van der Waals surface area contributed by atoms with Crippen LogP contribution in [0.3, 0.4) is 0 Å². The molecule has 0 bridgehead atoms. The lowest BCUT2D eigenvalue weighted by molar-refractivity contribution is 0.0923. The van der Waals surface area contributed by atoms with Crippen LogP contribution in [0.5, 0.6) is 11.5 Å². The summed E-state index contributed by atoms with van der Waals surface area (Å²) in [5.74, 6) is 1.21. The molecule has 100 valence electrons. The van der Waals surface area contributed by atoms with E-state index in [2.05, 4.69) is 15.9 Å². The maximum atomic E-state index is 11.9. The third-order valence-corrected chi connectivity index (χ3v) is 4.02. The smallest absolute Gasteiger partial charge is 0.210 e. The number of halogens is 1. The van der Waals surface area contributed by atoms with Crippen LogP contribution >= 0.6 is 27.3 Å². The van der Waals surface area contributed by atoms with Gasteiger partial charge in [0.1, 0.15) is 0 Å². The second-order valence-electron chi connectivity index (χ2n) is 3.70. The number of carbonyl (C=O) groups is 1. The number of Topliss-reactive ketones (excluding diaryl/α,β-unsaturated/α-hetero) is 1. The minimum absolute atomic E-state index is 0.0110. The predicted octanol–water partition coefficient (Wildman–Crippen LogP) is 4.17. The van der Waals surface area contributed by atoms with Gasteiger partial charge in [-0.15, -0.1) is 11.3 Å². The summed E-state index contributed by atoms with van der Waals surface area (Å²) in [5.41, 5.74) is 0. The van der Waals surface area contributed by atoms with E-state index in [9.17, 15) is 4.79 Å². The molecule has 19 heavy (non-hydrogen) atoms. The number of rotatable bonds is 6. The molecule has 0 saturated heterocycles. The highest BCUT2D eigenvalue weighted by Gasteiger charge is 2.11. The number of carbonyl (C=O) groups excluding carboxylic acids is 1. The van der Waals surface area contributed by atoms with E-state index < -0.39 is 0 Å². The van der Waals surface area contributed by atoms with Crippen LogP contribution < -0.4 is 9.47 Å². The predicted molar refractivity (Wildman–Crippen MR) is 79.5 cm³/mol. The molecule has 0 aliphatic carbocycles. The minimum Gasteiger partial charge on any atom is -0.490 e. The van der Waals surface area contributed by atoms with E-state index in [1.807, 2.05) is 31.2 Å². The SMILES string of the molecule is CCOc1ccccc1OCC(=O)c1ccc(Br)s1. The van der Waals surface area contributed by atoms with Crippen molar-refractivity contribution in [3.63, 3.8) is 0 Å². The summed E-state index contributed by atoms with van der Waals surface area (Å²) in [7, 11) is 0. The van der Waals surface area contributed by atoms with Gasteiger partial charge in [-0.3, -0.25) is 4.79 Å². The third kappa shape index (κ3) is 3.81. The number of hydrogen-bond donors (Lipinski definition) is 0. The molecular weight excluding hydrogens is 328 g/mol. The average molecular weight is 341 g/mol. The van der Waals surface area contributed by atoms with Crippen LogP contribution in [0.4, 0.5) is 0 Å². The first kappa shape index (κ1) is 14.1. The van der Waals surface area contributed by atoms with Crippen LogP contribution in [0.15, 0.2) is 40.2 Å². The maximum Gasteiger partial charge on any atom is 0.210 e. The topological polar surface area (TPSA) is 35.5 Å². The van der Waals surface area contributed by atoms with Gasteiger partial charge in [0.05, 0.1) is 15.3 Å². The molecule has 0 atom stereocenters. The van der Waals surface area contributed by atoms with Gasteiger partial charge in [-0.1, -0.05) is 12.1 Å². The van der Waals surface area contributed by atoms with E-state index in [1.165, 1.54) is 11.3 Å². The van der Waals surface area contributed by atoms with Crippen molar-refractivity contribution < 1.29 is 14.3 Å². The Labute approximate surface area is 124 Å². The van der Waals surface area contributed by atoms with Gasteiger partial charge in [0, 0.05) is 0 Å². The normalized spacial score (nSPS) is 10.2. The Morgan fingerprint density at radius 2 is 1.84 bits per heavy atom. The molecule has 3 nitrogen and oxygen atoms in total. The number of thiophene rings is 1. The first-order chi connectivity index (χ1) is 9.20. The van der Waals surface area contributed by atoms with Gasteiger partial charge in [-0.25, -0.2) is 0 Å². The van der Waals surface area contributed by atoms with E-state index in [0.29, 0.717) is 23.0 Å². The number of ketones is 1. The molecule has 1 aromatic carbocycles. The fraction of sp³-hybridized carbons (Fsp3) is 0.214. The molecule has 0 spiro atoms. The molecule has 0 saturated carbocycles. The molecule has 0 radical (unpaired) electrons. The van der Waals surface area contributed by atoms with Crippen molar-refractivity contribution in [3.05, 3.63) is 45.1 Å². The zero-order chi connectivity index (χ0) is 13.7. The molecule has 0 aliphatic heterocycles. The number of hydrogen-bond acceptors (Lipinski definition) is 4. The standard InChI is InChI=1S/C14H13BrO3S/c1-2-17-11-5-3-4-6-12(11)18-9-10(16)13-7-8-14(15)19-13/h3-8H,2,9H2,1H3. The summed E-state index contributed by atoms with van der Waals surface area (Å²) in [6.07, 6.45) is 0. The summed E-state index contributed by atoms with van der Waals surface area (Å²) in [6.45, 7) is 2.48. The van der Waals surface area contributed by atoms with E-state index >= 15 is 0 Å². The second-order valence-corrected chi connectivity index (χ2v) is 6.16. The van der Waals surface area contributed by atoms with Crippen LogP contribution in [-0.4, -0.2) is 19.0 Å². The lowest BCUT2D eigenvalue weighted by Gasteiger charge is -2.10. The van der Waals surface area contributed by atoms with Crippen LogP contribution in [0, 0.1) is 0 Å². The quantitative estimate of drug-likeness (QED) is 0.740. The fourth-order valence-corrected chi connectivity index (χ4v) is 2.83. The van der Waals surface area contributed by atoms with Gasteiger partial charge < -0.3 is 9.47 Å². The highest BCUT2D eigenvalue weighted by atomic mass is 79.9. The summed E-state index contributed by atoms with van der Waals surface area (Å²) in [6, 6.07) is 11.0. The second kappa shape index (κ2) is 6.73. The fourth-order valence-electron chi connectivity index (χ4n) is 1.52. The van der Waals surface area contributed by atoms with Gasteiger partial charge in [-0.2, -0.15) is 0 Å². The average Bonchev–Trinajstić information content (AvgIpc) is 2.84. The molecule has 0 N–H and O–H groups in total. The van der Waals surface area contributed by atoms with Crippen molar-refractivity contribution in [2.45, 2.75) is 6.92 Å². The van der Waals surface area contributed by atoms with Crippen molar-refractivity contribution in [3.8, 4) is 11.5 Å². The largest absolute Gasteiger partial charge is 0.490 e. The first-order valence-corrected chi connectivity index (χ1v) is 7.45. The molecule has 2 rings (SSSR count). The maximum absolute atomic E-state index is 11.9. The number of ether oxygens (including phenoxy) is 2. The van der Waals surface area contributed by atoms with E-state index in [1.54, 1.807) is 12.1 Å². The Hall–Kier alpha value is -1.33. The van der Waals surface area contributed by atoms with Crippen molar-refractivity contribution >= 4 is 33.0 Å². The monoisotopic (exact) mass is 340 g/mol. The van der Waals surface area contributed by atoms with Crippen LogP contribution in [0.2, 0.25) is 0 Å². The Kier molecular flexibility index (Phi) is 4.99. The van der Waals surface area contributed by atoms with Gasteiger partial charge in [0.15, 0.2) is 18.1 Å². The van der Waals surface area contributed by atoms with Gasteiger partial charge >= 0.3 is 0 Å². The van der Waals surface area contributed by atoms with Crippen LogP contribution in [0.25, 0.3) is 0 Å². The van der Waals surface area contributed by atoms with Gasteiger partial charge in [-0.05, 0) is 47.1 Å². The van der Waals surface area contributed by atoms with E-state index in [0.717, 1.165) is 3.79 Å². The minimum atomic E-state index is -0.0398. The lowest BCUT2D eigenvalue weighted by atomic mass is 10.3. The molecule has 2 aromatic rings. The zero-order valence-electron chi connectivity index (χ0n) is 10.4. The zero-order valence-corrected chi connectivity index (χ0v) is 12.8. The molecule has 0 amide bonds. The number of benzene rings is 1. The summed E-state index contributed by atoms with van der Waals surface area (Å²) in [5, 5.41) is 0. The Morgan fingerprint density at radius 3 is 2.42 bits per heavy atom.